The Labute approximate surface area is 201 Å². The van der Waals surface area contributed by atoms with E-state index in [1.165, 1.54) is 0 Å². The van der Waals surface area contributed by atoms with Crippen molar-refractivity contribution in [2.24, 2.45) is 11.3 Å². The van der Waals surface area contributed by atoms with Crippen LogP contribution in [0.25, 0.3) is 0 Å². The maximum absolute atomic E-state index is 12.5. The number of nitrogens with one attached hydrogen (secondary N) is 1. The average Bonchev–Trinajstić information content (AvgIpc) is 2.77. The van der Waals surface area contributed by atoms with Crippen LogP contribution in [0, 0.1) is 18.3 Å². The summed E-state index contributed by atoms with van der Waals surface area (Å²) >= 11 is 0. The van der Waals surface area contributed by atoms with Crippen molar-refractivity contribution in [1.29, 1.82) is 0 Å². The van der Waals surface area contributed by atoms with E-state index in [-0.39, 0.29) is 24.0 Å². The maximum Gasteiger partial charge on any atom is 0.227 e. The van der Waals surface area contributed by atoms with E-state index < -0.39 is 0 Å². The highest BCUT2D eigenvalue weighted by Gasteiger charge is 2.44. The summed E-state index contributed by atoms with van der Waals surface area (Å²) in [7, 11) is 0. The van der Waals surface area contributed by atoms with Gasteiger partial charge in [0.15, 0.2) is 5.75 Å². The van der Waals surface area contributed by atoms with Gasteiger partial charge in [0.1, 0.15) is 5.75 Å². The summed E-state index contributed by atoms with van der Waals surface area (Å²) in [6.07, 6.45) is 7.65. The summed E-state index contributed by atoms with van der Waals surface area (Å²) in [4.78, 5) is 23.7. The minimum atomic E-state index is 0.0170. The molecular formula is C26H34N4O4. The first-order valence-electron chi connectivity index (χ1n) is 12.3. The van der Waals surface area contributed by atoms with Crippen LogP contribution in [0.15, 0.2) is 30.6 Å². The number of anilines is 2. The average molecular weight is 467 g/mol. The third-order valence-electron chi connectivity index (χ3n) is 7.10. The van der Waals surface area contributed by atoms with Gasteiger partial charge in [-0.2, -0.15) is 0 Å². The van der Waals surface area contributed by atoms with Gasteiger partial charge in [-0.25, -0.2) is 9.97 Å². The second-order valence-electron chi connectivity index (χ2n) is 10.2. The van der Waals surface area contributed by atoms with Gasteiger partial charge >= 0.3 is 0 Å². The Kier molecular flexibility index (Phi) is 6.44. The molecule has 34 heavy (non-hydrogen) atoms. The molecule has 2 aliphatic heterocycles. The monoisotopic (exact) mass is 466 g/mol. The molecule has 1 spiro atoms. The summed E-state index contributed by atoms with van der Waals surface area (Å²) in [5.41, 5.74) is 2.09. The number of hydrogen-bond acceptors (Lipinski definition) is 7. The number of amides is 1. The van der Waals surface area contributed by atoms with Gasteiger partial charge in [-0.3, -0.25) is 4.79 Å². The van der Waals surface area contributed by atoms with Gasteiger partial charge in [0.25, 0.3) is 0 Å². The van der Waals surface area contributed by atoms with Crippen LogP contribution in [0.4, 0.5) is 11.6 Å². The first-order valence-corrected chi connectivity index (χ1v) is 12.3. The van der Waals surface area contributed by atoms with Gasteiger partial charge in [0.05, 0.1) is 24.6 Å². The molecule has 3 heterocycles. The number of hydrogen-bond donors (Lipinski definition) is 1. The van der Waals surface area contributed by atoms with E-state index in [1.54, 1.807) is 12.4 Å². The molecule has 0 atom stereocenters. The smallest absolute Gasteiger partial charge is 0.227 e. The van der Waals surface area contributed by atoms with Crippen molar-refractivity contribution in [3.63, 3.8) is 0 Å². The number of ether oxygens (including phenoxy) is 3. The SMILES string of the molecule is Cc1cc(NC(=O)C2CC(OC(C)C)C2)ccc1Oc1cnc(N2CC3(CCOCC3)C2)nc1. The zero-order valence-corrected chi connectivity index (χ0v) is 20.3. The Hall–Kier alpha value is -2.71. The Bertz CT molecular complexity index is 1010. The maximum atomic E-state index is 12.5. The first-order chi connectivity index (χ1) is 16.4. The Morgan fingerprint density at radius 2 is 1.88 bits per heavy atom. The fraction of sp³-hybridized carbons (Fsp3) is 0.577. The van der Waals surface area contributed by atoms with Crippen molar-refractivity contribution in [3.05, 3.63) is 36.2 Å². The van der Waals surface area contributed by atoms with Gasteiger partial charge in [0.2, 0.25) is 11.9 Å². The van der Waals surface area contributed by atoms with Gasteiger partial charge in [0, 0.05) is 43.3 Å². The van der Waals surface area contributed by atoms with Crippen LogP contribution in [0.3, 0.4) is 0 Å². The number of benzene rings is 1. The van der Waals surface area contributed by atoms with Crippen LogP contribution in [0.1, 0.15) is 45.1 Å². The molecule has 1 aliphatic carbocycles. The molecule has 3 fully saturated rings. The van der Waals surface area contributed by atoms with E-state index >= 15 is 0 Å². The minimum absolute atomic E-state index is 0.0170. The Morgan fingerprint density at radius 1 is 1.18 bits per heavy atom. The third-order valence-corrected chi connectivity index (χ3v) is 7.10. The molecule has 0 bridgehead atoms. The largest absolute Gasteiger partial charge is 0.454 e. The molecule has 1 saturated carbocycles. The van der Waals surface area contributed by atoms with E-state index in [0.717, 1.165) is 69.2 Å². The first kappa shape index (κ1) is 23.1. The normalized spacial score (nSPS) is 23.4. The number of aryl methyl sites for hydroxylation is 1. The zero-order chi connectivity index (χ0) is 23.7. The molecule has 8 heteroatoms. The lowest BCUT2D eigenvalue weighted by Crippen LogP contribution is -2.59. The zero-order valence-electron chi connectivity index (χ0n) is 20.3. The van der Waals surface area contributed by atoms with Crippen molar-refractivity contribution in [1.82, 2.24) is 9.97 Å². The van der Waals surface area contributed by atoms with E-state index in [2.05, 4.69) is 20.2 Å². The van der Waals surface area contributed by atoms with Gasteiger partial charge in [-0.1, -0.05) is 0 Å². The molecule has 0 unspecified atom stereocenters. The molecule has 1 N–H and O–H groups in total. The molecule has 3 aliphatic rings. The topological polar surface area (TPSA) is 85.8 Å². The summed E-state index contributed by atoms with van der Waals surface area (Å²) in [6.45, 7) is 9.71. The summed E-state index contributed by atoms with van der Waals surface area (Å²) in [5, 5.41) is 3.02. The second kappa shape index (κ2) is 9.50. The van der Waals surface area contributed by atoms with Crippen molar-refractivity contribution in [2.45, 2.75) is 58.7 Å². The molecule has 2 saturated heterocycles. The Balaban J connectivity index is 1.12. The third kappa shape index (κ3) is 5.03. The van der Waals surface area contributed by atoms with Crippen LogP contribution in [0.2, 0.25) is 0 Å². The molecule has 8 nitrogen and oxygen atoms in total. The van der Waals surface area contributed by atoms with E-state index in [0.29, 0.717) is 16.9 Å². The summed E-state index contributed by atoms with van der Waals surface area (Å²) < 4.78 is 17.2. The molecule has 182 valence electrons. The van der Waals surface area contributed by atoms with Gasteiger partial charge < -0.3 is 24.4 Å². The van der Waals surface area contributed by atoms with E-state index in [4.69, 9.17) is 14.2 Å². The molecular weight excluding hydrogens is 432 g/mol. The van der Waals surface area contributed by atoms with Crippen molar-refractivity contribution >= 4 is 17.5 Å². The lowest BCUT2D eigenvalue weighted by Gasteiger charge is -2.52. The number of rotatable bonds is 7. The molecule has 1 amide bonds. The highest BCUT2D eigenvalue weighted by molar-refractivity contribution is 5.93. The fourth-order valence-corrected chi connectivity index (χ4v) is 5.04. The van der Waals surface area contributed by atoms with E-state index in [1.807, 2.05) is 39.0 Å². The second-order valence-corrected chi connectivity index (χ2v) is 10.2. The standard InChI is InChI=1S/C26H34N4O4/c1-17(2)33-21-11-19(12-21)24(31)29-20-4-5-23(18(3)10-20)34-22-13-27-25(28-14-22)30-15-26(16-30)6-8-32-9-7-26/h4-5,10,13-14,17,19,21H,6-9,11-12,15-16H2,1-3H3,(H,29,31). The summed E-state index contributed by atoms with van der Waals surface area (Å²) in [5.74, 6) is 2.12. The van der Waals surface area contributed by atoms with Gasteiger partial charge in [-0.05, 0) is 70.2 Å². The highest BCUT2D eigenvalue weighted by atomic mass is 16.5. The van der Waals surface area contributed by atoms with Crippen molar-refractivity contribution in [2.75, 3.05) is 36.5 Å². The predicted molar refractivity (Wildman–Crippen MR) is 129 cm³/mol. The lowest BCUT2D eigenvalue weighted by atomic mass is 9.73. The van der Waals surface area contributed by atoms with Crippen molar-refractivity contribution in [3.8, 4) is 11.5 Å². The van der Waals surface area contributed by atoms with Crippen LogP contribution < -0.4 is 15.0 Å². The van der Waals surface area contributed by atoms with E-state index in [9.17, 15) is 4.79 Å². The minimum Gasteiger partial charge on any atom is -0.454 e. The van der Waals surface area contributed by atoms with Crippen LogP contribution in [-0.4, -0.2) is 54.4 Å². The van der Waals surface area contributed by atoms with Crippen LogP contribution >= 0.6 is 0 Å². The molecule has 0 radical (unpaired) electrons. The Morgan fingerprint density at radius 3 is 2.53 bits per heavy atom. The molecule has 2 aromatic rings. The summed E-state index contributed by atoms with van der Waals surface area (Å²) in [6, 6.07) is 5.66. The van der Waals surface area contributed by atoms with Crippen LogP contribution in [-0.2, 0) is 14.3 Å². The fourth-order valence-electron chi connectivity index (χ4n) is 5.04. The van der Waals surface area contributed by atoms with Crippen LogP contribution in [0.5, 0.6) is 11.5 Å². The number of carbonyl (C=O) groups is 1. The number of carbonyl (C=O) groups excluding carboxylic acids is 1. The lowest BCUT2D eigenvalue weighted by molar-refractivity contribution is -0.131. The molecule has 1 aromatic heterocycles. The highest BCUT2D eigenvalue weighted by Crippen LogP contribution is 2.41. The molecule has 1 aromatic carbocycles. The quantitative estimate of drug-likeness (QED) is 0.650. The van der Waals surface area contributed by atoms with Gasteiger partial charge in [-0.15, -0.1) is 0 Å². The number of aromatic nitrogens is 2. The number of nitrogens with zero attached hydrogens (tertiary/aromatic N) is 3. The molecule has 5 rings (SSSR count). The predicted octanol–water partition coefficient (Wildman–Crippen LogP) is 4.34. The van der Waals surface area contributed by atoms with Crippen molar-refractivity contribution < 1.29 is 19.0 Å².